The molecule has 3 aromatic rings. The highest BCUT2D eigenvalue weighted by atomic mass is 15.2. The number of nitrogens with two attached hydrogens (primary N) is 2. The number of hydrogen-bond donors (Lipinski definition) is 7. The van der Waals surface area contributed by atoms with E-state index in [-0.39, 0.29) is 5.92 Å². The van der Waals surface area contributed by atoms with Crippen LogP contribution in [0.1, 0.15) is 23.0 Å². The summed E-state index contributed by atoms with van der Waals surface area (Å²) in [6.07, 6.45) is 5.86. The van der Waals surface area contributed by atoms with Gasteiger partial charge in [0.25, 0.3) is 0 Å². The van der Waals surface area contributed by atoms with Crippen molar-refractivity contribution in [2.75, 3.05) is 0 Å². The van der Waals surface area contributed by atoms with Crippen molar-refractivity contribution in [1.82, 2.24) is 15.0 Å². The van der Waals surface area contributed by atoms with Crippen LogP contribution < -0.4 is 11.7 Å². The summed E-state index contributed by atoms with van der Waals surface area (Å²) in [4.78, 5) is 9.82. The van der Waals surface area contributed by atoms with Crippen LogP contribution >= 0.6 is 0 Å². The molecule has 0 saturated carbocycles. The number of hydrogen-bond acceptors (Lipinski definition) is 4. The van der Waals surface area contributed by atoms with Crippen LogP contribution in [0.2, 0.25) is 0 Å². The van der Waals surface area contributed by atoms with Gasteiger partial charge in [0.15, 0.2) is 0 Å². The molecule has 9 N–H and O–H groups in total. The van der Waals surface area contributed by atoms with Gasteiger partial charge >= 0.3 is 0 Å². The minimum atomic E-state index is 0.222. The Morgan fingerprint density at radius 1 is 0.727 bits per heavy atom. The van der Waals surface area contributed by atoms with E-state index in [1.165, 1.54) is 17.1 Å². The van der Waals surface area contributed by atoms with Crippen LogP contribution in [-0.4, -0.2) is 15.0 Å². The minimum absolute atomic E-state index is 0.222. The molecule has 3 heterocycles. The zero-order valence-corrected chi connectivity index (χ0v) is 11.8. The molecule has 0 aromatic carbocycles. The van der Waals surface area contributed by atoms with Gasteiger partial charge in [0, 0.05) is 35.7 Å². The average Bonchev–Trinajstić information content (AvgIpc) is 3.26. The van der Waals surface area contributed by atoms with E-state index in [1.807, 2.05) is 36.8 Å². The van der Waals surface area contributed by atoms with E-state index in [0.717, 1.165) is 0 Å². The number of H-pyrrole nitrogens is 3. The molecule has 0 spiro atoms. The molecule has 0 amide bonds. The standard InChI is InChI=1S/C13H13N3.2H3N3/c1-4-10(14-7-1)13(11-5-2-8-15-11)12-6-3-9-16-12;2*1-3-2/h1-9,13-16H;2*(H3,1,2). The molecule has 0 unspecified atom stereocenters. The van der Waals surface area contributed by atoms with Gasteiger partial charge in [-0.05, 0) is 36.4 Å². The van der Waals surface area contributed by atoms with Gasteiger partial charge in [-0.1, -0.05) is 10.4 Å². The molecule has 9 nitrogen and oxygen atoms in total. The van der Waals surface area contributed by atoms with Crippen LogP contribution in [0.4, 0.5) is 0 Å². The van der Waals surface area contributed by atoms with Crippen LogP contribution in [0.25, 0.3) is 0 Å². The van der Waals surface area contributed by atoms with E-state index < -0.39 is 0 Å². The van der Waals surface area contributed by atoms with Gasteiger partial charge in [0.05, 0.1) is 5.92 Å². The Balaban J connectivity index is 0.000000353. The molecule has 9 heteroatoms. The van der Waals surface area contributed by atoms with E-state index in [4.69, 9.17) is 11.1 Å². The molecule has 22 heavy (non-hydrogen) atoms. The van der Waals surface area contributed by atoms with Crippen molar-refractivity contribution >= 4 is 0 Å². The Morgan fingerprint density at radius 2 is 1.00 bits per heavy atom. The van der Waals surface area contributed by atoms with Gasteiger partial charge in [-0.25, -0.2) is 0 Å². The van der Waals surface area contributed by atoms with E-state index >= 15 is 0 Å². The van der Waals surface area contributed by atoms with Gasteiger partial charge in [-0.2, -0.15) is 11.1 Å². The summed E-state index contributed by atoms with van der Waals surface area (Å²) in [6, 6.07) is 12.4. The number of aromatic nitrogens is 3. The molecule has 3 aromatic heterocycles. The Kier molecular flexibility index (Phi) is 7.23. The molecule has 0 fully saturated rings. The van der Waals surface area contributed by atoms with Crippen molar-refractivity contribution in [3.8, 4) is 0 Å². The normalized spacial score (nSPS) is 9.14. The van der Waals surface area contributed by atoms with Crippen LogP contribution in [0, 0.1) is 11.1 Å². The van der Waals surface area contributed by atoms with Crippen molar-refractivity contribution in [2.24, 2.45) is 22.1 Å². The van der Waals surface area contributed by atoms with Crippen LogP contribution in [-0.2, 0) is 0 Å². The lowest BCUT2D eigenvalue weighted by atomic mass is 9.98. The first-order chi connectivity index (χ1) is 10.8. The average molecular weight is 301 g/mol. The number of nitrogens with zero attached hydrogens (tertiary/aromatic N) is 2. The first-order valence-corrected chi connectivity index (χ1v) is 6.31. The summed E-state index contributed by atoms with van der Waals surface area (Å²) in [7, 11) is 0. The smallest absolute Gasteiger partial charge is 0.0791 e. The van der Waals surface area contributed by atoms with E-state index in [0.29, 0.717) is 0 Å². The third-order valence-electron chi connectivity index (χ3n) is 2.80. The maximum absolute atomic E-state index is 5.61. The van der Waals surface area contributed by atoms with Gasteiger partial charge in [0.1, 0.15) is 0 Å². The van der Waals surface area contributed by atoms with E-state index in [2.05, 4.69) is 55.3 Å². The first kappa shape index (κ1) is 16.7. The summed E-state index contributed by atoms with van der Waals surface area (Å²) >= 11 is 0. The van der Waals surface area contributed by atoms with Gasteiger partial charge in [-0.3, -0.25) is 0 Å². The zero-order valence-electron chi connectivity index (χ0n) is 11.8. The molecule has 0 saturated heterocycles. The second kappa shape index (κ2) is 9.53. The Hall–Kier alpha value is -3.36. The molecular formula is C13H19N9. The number of aromatic amines is 3. The summed E-state index contributed by atoms with van der Waals surface area (Å²) < 4.78 is 0. The molecule has 0 aliphatic rings. The molecule has 0 atom stereocenters. The summed E-state index contributed by atoms with van der Waals surface area (Å²) in [5, 5.41) is 4.50. The van der Waals surface area contributed by atoms with E-state index in [9.17, 15) is 0 Å². The molecule has 0 bridgehead atoms. The first-order valence-electron chi connectivity index (χ1n) is 6.31. The largest absolute Gasteiger partial charge is 0.364 e. The molecule has 116 valence electrons. The van der Waals surface area contributed by atoms with Gasteiger partial charge < -0.3 is 26.6 Å². The lowest BCUT2D eigenvalue weighted by Crippen LogP contribution is -2.04. The van der Waals surface area contributed by atoms with Crippen LogP contribution in [0.5, 0.6) is 0 Å². The highest BCUT2D eigenvalue weighted by Gasteiger charge is 2.18. The Morgan fingerprint density at radius 3 is 1.18 bits per heavy atom. The molecule has 0 radical (unpaired) electrons. The van der Waals surface area contributed by atoms with Crippen molar-refractivity contribution in [2.45, 2.75) is 5.92 Å². The molecule has 0 aliphatic carbocycles. The quantitative estimate of drug-likeness (QED) is 0.224. The van der Waals surface area contributed by atoms with Crippen LogP contribution in [0.15, 0.2) is 65.4 Å². The summed E-state index contributed by atoms with van der Waals surface area (Å²) in [5.74, 6) is 8.50. The van der Waals surface area contributed by atoms with Crippen molar-refractivity contribution in [3.05, 3.63) is 72.1 Å². The second-order valence-corrected chi connectivity index (χ2v) is 4.07. The fourth-order valence-electron chi connectivity index (χ4n) is 2.07. The highest BCUT2D eigenvalue weighted by molar-refractivity contribution is 5.34. The maximum Gasteiger partial charge on any atom is 0.0791 e. The van der Waals surface area contributed by atoms with Gasteiger partial charge in [-0.15, -0.1) is 0 Å². The Bertz CT molecular complexity index is 523. The maximum atomic E-state index is 5.61. The van der Waals surface area contributed by atoms with Crippen LogP contribution in [0.3, 0.4) is 0 Å². The third-order valence-corrected chi connectivity index (χ3v) is 2.80. The molecule has 3 rings (SSSR count). The highest BCUT2D eigenvalue weighted by Crippen LogP contribution is 2.28. The SMILES string of the molecule is N=NN.N=NN.c1c[nH]c(C(c2ccc[nH]2)c2ccc[nH]2)c1. The third kappa shape index (κ3) is 4.63. The monoisotopic (exact) mass is 301 g/mol. The summed E-state index contributed by atoms with van der Waals surface area (Å²) in [6.45, 7) is 0. The number of rotatable bonds is 3. The topological polar surface area (TPSA) is 172 Å². The van der Waals surface area contributed by atoms with E-state index in [1.54, 1.807) is 0 Å². The lowest BCUT2D eigenvalue weighted by Gasteiger charge is -2.12. The Labute approximate surface area is 127 Å². The fourth-order valence-corrected chi connectivity index (χ4v) is 2.07. The van der Waals surface area contributed by atoms with Crippen molar-refractivity contribution in [1.29, 1.82) is 11.1 Å². The minimum Gasteiger partial charge on any atom is -0.364 e. The summed E-state index contributed by atoms with van der Waals surface area (Å²) in [5.41, 5.74) is 14.8. The predicted molar refractivity (Wildman–Crippen MR) is 82.0 cm³/mol. The second-order valence-electron chi connectivity index (χ2n) is 4.07. The lowest BCUT2D eigenvalue weighted by molar-refractivity contribution is 0.867. The van der Waals surface area contributed by atoms with Crippen molar-refractivity contribution in [3.63, 3.8) is 0 Å². The molecular weight excluding hydrogens is 282 g/mol. The molecule has 0 aliphatic heterocycles. The number of nitrogens with one attached hydrogen (secondary N) is 5. The van der Waals surface area contributed by atoms with Gasteiger partial charge in [0.2, 0.25) is 0 Å². The zero-order chi connectivity index (χ0) is 16.2. The van der Waals surface area contributed by atoms with Crippen molar-refractivity contribution < 1.29 is 0 Å². The predicted octanol–water partition coefficient (Wildman–Crippen LogP) is 2.63. The fraction of sp³-hybridized carbons (Fsp3) is 0.0769.